The average molecular weight is 397 g/mol. The van der Waals surface area contributed by atoms with E-state index < -0.39 is 0 Å². The summed E-state index contributed by atoms with van der Waals surface area (Å²) in [6, 6.07) is 0. The molecule has 0 N–H and O–H groups in total. The molecular weight excluding hydrogens is 370 g/mol. The van der Waals surface area contributed by atoms with Gasteiger partial charge in [-0.25, -0.2) is 14.8 Å². The SMILES string of the molecule is CCOC(=O)c1cnc2c(c(C)nn2C)c1N1CCN(Cc2nccn2C)CC1. The molecule has 9 nitrogen and oxygen atoms in total. The number of ether oxygens (including phenoxy) is 1. The van der Waals surface area contributed by atoms with Crippen LogP contribution in [-0.4, -0.2) is 68.0 Å². The van der Waals surface area contributed by atoms with E-state index in [0.717, 1.165) is 61.0 Å². The quantitative estimate of drug-likeness (QED) is 0.604. The normalized spacial score (nSPS) is 15.2. The third-order valence-electron chi connectivity index (χ3n) is 5.47. The van der Waals surface area contributed by atoms with Gasteiger partial charge in [0.15, 0.2) is 5.65 Å². The van der Waals surface area contributed by atoms with E-state index in [2.05, 4.69) is 29.4 Å². The first-order valence-corrected chi connectivity index (χ1v) is 9.92. The van der Waals surface area contributed by atoms with Crippen molar-refractivity contribution in [1.82, 2.24) is 29.2 Å². The van der Waals surface area contributed by atoms with E-state index >= 15 is 0 Å². The zero-order chi connectivity index (χ0) is 20.5. The molecule has 0 aliphatic carbocycles. The summed E-state index contributed by atoms with van der Waals surface area (Å²) < 4.78 is 9.12. The van der Waals surface area contributed by atoms with Crippen molar-refractivity contribution in [1.29, 1.82) is 0 Å². The van der Waals surface area contributed by atoms with Crippen LogP contribution in [0, 0.1) is 6.92 Å². The summed E-state index contributed by atoms with van der Waals surface area (Å²) in [6.07, 6.45) is 5.42. The van der Waals surface area contributed by atoms with Crippen LogP contribution >= 0.6 is 0 Å². The number of hydrogen-bond donors (Lipinski definition) is 0. The summed E-state index contributed by atoms with van der Waals surface area (Å²) in [5.41, 5.74) is 3.04. The molecular formula is C20H27N7O2. The average Bonchev–Trinajstić information content (AvgIpc) is 3.24. The van der Waals surface area contributed by atoms with Gasteiger partial charge in [-0.15, -0.1) is 0 Å². The Morgan fingerprint density at radius 3 is 2.59 bits per heavy atom. The van der Waals surface area contributed by atoms with Crippen LogP contribution in [0.15, 0.2) is 18.6 Å². The molecule has 3 aromatic rings. The maximum Gasteiger partial charge on any atom is 0.341 e. The van der Waals surface area contributed by atoms with Gasteiger partial charge in [0.25, 0.3) is 0 Å². The van der Waals surface area contributed by atoms with Gasteiger partial charge in [0.2, 0.25) is 0 Å². The molecule has 1 saturated heterocycles. The Morgan fingerprint density at radius 2 is 1.93 bits per heavy atom. The smallest absolute Gasteiger partial charge is 0.341 e. The fourth-order valence-electron chi connectivity index (χ4n) is 3.96. The number of nitrogens with zero attached hydrogens (tertiary/aromatic N) is 7. The maximum atomic E-state index is 12.6. The van der Waals surface area contributed by atoms with Crippen molar-refractivity contribution < 1.29 is 9.53 Å². The Balaban J connectivity index is 1.63. The predicted molar refractivity (Wildman–Crippen MR) is 110 cm³/mol. The number of aromatic nitrogens is 5. The van der Waals surface area contributed by atoms with Crippen LogP contribution in [-0.2, 0) is 25.4 Å². The van der Waals surface area contributed by atoms with Crippen molar-refractivity contribution >= 4 is 22.7 Å². The summed E-state index contributed by atoms with van der Waals surface area (Å²) in [6.45, 7) is 8.32. The van der Waals surface area contributed by atoms with Crippen LogP contribution in [0.1, 0.15) is 28.8 Å². The number of aryl methyl sites for hydroxylation is 3. The topological polar surface area (TPSA) is 81.3 Å². The van der Waals surface area contributed by atoms with Gasteiger partial charge in [0, 0.05) is 58.9 Å². The fraction of sp³-hybridized carbons (Fsp3) is 0.500. The number of carbonyl (C=O) groups is 1. The fourth-order valence-corrected chi connectivity index (χ4v) is 3.96. The van der Waals surface area contributed by atoms with Gasteiger partial charge < -0.3 is 14.2 Å². The molecule has 0 saturated carbocycles. The highest BCUT2D eigenvalue weighted by Gasteiger charge is 2.27. The van der Waals surface area contributed by atoms with Gasteiger partial charge in [0.05, 0.1) is 29.9 Å². The minimum atomic E-state index is -0.337. The van der Waals surface area contributed by atoms with E-state index in [0.29, 0.717) is 12.2 Å². The van der Waals surface area contributed by atoms with E-state index in [1.54, 1.807) is 10.9 Å². The number of pyridine rings is 1. The first-order valence-electron chi connectivity index (χ1n) is 9.92. The molecule has 4 heterocycles. The molecule has 9 heteroatoms. The first kappa shape index (κ1) is 19.4. The number of imidazole rings is 1. The second kappa shape index (κ2) is 7.82. The number of hydrogen-bond acceptors (Lipinski definition) is 7. The Kier molecular flexibility index (Phi) is 5.23. The zero-order valence-electron chi connectivity index (χ0n) is 17.4. The van der Waals surface area contributed by atoms with Gasteiger partial charge >= 0.3 is 5.97 Å². The summed E-state index contributed by atoms with van der Waals surface area (Å²) in [4.78, 5) is 26.2. The minimum Gasteiger partial charge on any atom is -0.462 e. The van der Waals surface area contributed by atoms with Crippen molar-refractivity contribution in [3.8, 4) is 0 Å². The highest BCUT2D eigenvalue weighted by atomic mass is 16.5. The molecule has 0 bridgehead atoms. The lowest BCUT2D eigenvalue weighted by atomic mass is 10.1. The van der Waals surface area contributed by atoms with E-state index in [1.807, 2.05) is 40.3 Å². The second-order valence-corrected chi connectivity index (χ2v) is 7.37. The monoisotopic (exact) mass is 397 g/mol. The van der Waals surface area contributed by atoms with E-state index in [9.17, 15) is 4.79 Å². The van der Waals surface area contributed by atoms with Crippen molar-refractivity contribution in [2.45, 2.75) is 20.4 Å². The molecule has 0 spiro atoms. The maximum absolute atomic E-state index is 12.6. The molecule has 0 radical (unpaired) electrons. The van der Waals surface area contributed by atoms with E-state index in [1.165, 1.54) is 0 Å². The van der Waals surface area contributed by atoms with Crippen LogP contribution in [0.5, 0.6) is 0 Å². The number of fused-ring (bicyclic) bond motifs is 1. The molecule has 1 fully saturated rings. The van der Waals surface area contributed by atoms with Crippen molar-refractivity contribution in [3.63, 3.8) is 0 Å². The van der Waals surface area contributed by atoms with Crippen LogP contribution < -0.4 is 4.90 Å². The molecule has 29 heavy (non-hydrogen) atoms. The van der Waals surface area contributed by atoms with Crippen LogP contribution in [0.4, 0.5) is 5.69 Å². The molecule has 0 amide bonds. The molecule has 0 atom stereocenters. The summed E-state index contributed by atoms with van der Waals surface area (Å²) in [7, 11) is 3.89. The Labute approximate surface area is 169 Å². The van der Waals surface area contributed by atoms with Gasteiger partial charge in [-0.2, -0.15) is 5.10 Å². The molecule has 1 aliphatic rings. The molecule has 0 aromatic carbocycles. The van der Waals surface area contributed by atoms with Gasteiger partial charge in [0.1, 0.15) is 11.4 Å². The molecule has 0 unspecified atom stereocenters. The minimum absolute atomic E-state index is 0.333. The van der Waals surface area contributed by atoms with Gasteiger partial charge in [-0.1, -0.05) is 0 Å². The standard InChI is InChI=1S/C20H27N7O2/c1-5-29-20(28)15-12-22-19-17(14(2)23-25(19)4)18(15)27-10-8-26(9-11-27)13-16-21-6-7-24(16)3/h6-7,12H,5,8-11,13H2,1-4H3. The van der Waals surface area contributed by atoms with Crippen LogP contribution in [0.25, 0.3) is 11.0 Å². The lowest BCUT2D eigenvalue weighted by molar-refractivity contribution is 0.0526. The third kappa shape index (κ3) is 3.57. The Morgan fingerprint density at radius 1 is 1.17 bits per heavy atom. The number of carbonyl (C=O) groups excluding carboxylic acids is 1. The van der Waals surface area contributed by atoms with Gasteiger partial charge in [-0.3, -0.25) is 9.58 Å². The number of anilines is 1. The van der Waals surface area contributed by atoms with Crippen LogP contribution in [0.3, 0.4) is 0 Å². The highest BCUT2D eigenvalue weighted by Crippen LogP contribution is 2.33. The lowest BCUT2D eigenvalue weighted by Crippen LogP contribution is -2.46. The summed E-state index contributed by atoms with van der Waals surface area (Å²) in [5.74, 6) is 0.718. The van der Waals surface area contributed by atoms with Gasteiger partial charge in [-0.05, 0) is 13.8 Å². The van der Waals surface area contributed by atoms with Crippen molar-refractivity contribution in [2.75, 3.05) is 37.7 Å². The van der Waals surface area contributed by atoms with Crippen molar-refractivity contribution in [3.05, 3.63) is 35.7 Å². The molecule has 154 valence electrons. The number of rotatable bonds is 5. The summed E-state index contributed by atoms with van der Waals surface area (Å²) >= 11 is 0. The molecule has 3 aromatic heterocycles. The zero-order valence-corrected chi connectivity index (χ0v) is 17.4. The highest BCUT2D eigenvalue weighted by molar-refractivity contribution is 6.05. The largest absolute Gasteiger partial charge is 0.462 e. The van der Waals surface area contributed by atoms with E-state index in [-0.39, 0.29) is 5.97 Å². The van der Waals surface area contributed by atoms with Crippen LogP contribution in [0.2, 0.25) is 0 Å². The number of piperazine rings is 1. The first-order chi connectivity index (χ1) is 14.0. The summed E-state index contributed by atoms with van der Waals surface area (Å²) in [5, 5.41) is 5.45. The Hall–Kier alpha value is -2.94. The number of esters is 1. The molecule has 1 aliphatic heterocycles. The predicted octanol–water partition coefficient (Wildman–Crippen LogP) is 1.51. The van der Waals surface area contributed by atoms with E-state index in [4.69, 9.17) is 4.74 Å². The Bertz CT molecular complexity index is 1030. The molecule has 4 rings (SSSR count). The second-order valence-electron chi connectivity index (χ2n) is 7.37. The van der Waals surface area contributed by atoms with Crippen molar-refractivity contribution in [2.24, 2.45) is 14.1 Å². The lowest BCUT2D eigenvalue weighted by Gasteiger charge is -2.36. The third-order valence-corrected chi connectivity index (χ3v) is 5.47.